The summed E-state index contributed by atoms with van der Waals surface area (Å²) in [4.78, 5) is 12.7. The second-order valence-corrected chi connectivity index (χ2v) is 6.07. The van der Waals surface area contributed by atoms with Gasteiger partial charge in [-0.05, 0) is 24.1 Å². The summed E-state index contributed by atoms with van der Waals surface area (Å²) in [6.07, 6.45) is 2.27. The fourth-order valence-electron chi connectivity index (χ4n) is 2.34. The standard InChI is InChI=1S/C18H15BrO4/c1-2-7-22-13-8-15(20)17-16(9-13)23-10-14(18(17)21)11-3-5-12(19)6-4-11/h3-6,8-10,20H,2,7H2,1H3. The molecule has 0 radical (unpaired) electrons. The monoisotopic (exact) mass is 374 g/mol. The lowest BCUT2D eigenvalue weighted by atomic mass is 10.1. The molecular weight excluding hydrogens is 360 g/mol. The van der Waals surface area contributed by atoms with Gasteiger partial charge in [-0.1, -0.05) is 35.0 Å². The van der Waals surface area contributed by atoms with E-state index in [4.69, 9.17) is 9.15 Å². The third-order valence-corrected chi connectivity index (χ3v) is 3.99. The van der Waals surface area contributed by atoms with Gasteiger partial charge < -0.3 is 14.3 Å². The van der Waals surface area contributed by atoms with E-state index < -0.39 is 0 Å². The van der Waals surface area contributed by atoms with Gasteiger partial charge in [0.05, 0.1) is 12.2 Å². The second kappa shape index (κ2) is 6.46. The Bertz CT molecular complexity index is 897. The molecule has 23 heavy (non-hydrogen) atoms. The Kier molecular flexibility index (Phi) is 4.39. The Balaban J connectivity index is 2.14. The van der Waals surface area contributed by atoms with Gasteiger partial charge in [-0.2, -0.15) is 0 Å². The second-order valence-electron chi connectivity index (χ2n) is 5.15. The summed E-state index contributed by atoms with van der Waals surface area (Å²) in [5.41, 5.74) is 1.17. The predicted octanol–water partition coefficient (Wildman–Crippen LogP) is 4.72. The first-order chi connectivity index (χ1) is 11.1. The first-order valence-corrected chi connectivity index (χ1v) is 8.06. The van der Waals surface area contributed by atoms with Crippen LogP contribution in [0, 0.1) is 0 Å². The van der Waals surface area contributed by atoms with Gasteiger partial charge in [0.25, 0.3) is 0 Å². The smallest absolute Gasteiger partial charge is 0.204 e. The lowest BCUT2D eigenvalue weighted by Crippen LogP contribution is -2.05. The number of phenolic OH excluding ortho intramolecular Hbond substituents is 1. The van der Waals surface area contributed by atoms with Gasteiger partial charge in [-0.3, -0.25) is 4.79 Å². The van der Waals surface area contributed by atoms with Crippen LogP contribution in [0.25, 0.3) is 22.1 Å². The van der Waals surface area contributed by atoms with E-state index in [1.807, 2.05) is 31.2 Å². The number of hydrogen-bond donors (Lipinski definition) is 1. The number of halogens is 1. The molecule has 0 aliphatic heterocycles. The highest BCUT2D eigenvalue weighted by molar-refractivity contribution is 9.10. The van der Waals surface area contributed by atoms with Crippen molar-refractivity contribution in [2.45, 2.75) is 13.3 Å². The van der Waals surface area contributed by atoms with Crippen molar-refractivity contribution in [3.63, 3.8) is 0 Å². The first kappa shape index (κ1) is 15.6. The van der Waals surface area contributed by atoms with Crippen LogP contribution in [0.5, 0.6) is 11.5 Å². The molecule has 0 saturated carbocycles. The van der Waals surface area contributed by atoms with E-state index in [0.717, 1.165) is 16.5 Å². The number of aromatic hydroxyl groups is 1. The van der Waals surface area contributed by atoms with Crippen molar-refractivity contribution in [2.75, 3.05) is 6.61 Å². The minimum absolute atomic E-state index is 0.138. The summed E-state index contributed by atoms with van der Waals surface area (Å²) >= 11 is 3.36. The molecule has 1 heterocycles. The highest BCUT2D eigenvalue weighted by Crippen LogP contribution is 2.30. The van der Waals surface area contributed by atoms with Crippen LogP contribution in [-0.4, -0.2) is 11.7 Å². The normalized spacial score (nSPS) is 10.9. The molecule has 0 saturated heterocycles. The van der Waals surface area contributed by atoms with Crippen LogP contribution in [0.2, 0.25) is 0 Å². The molecule has 0 bridgehead atoms. The van der Waals surface area contributed by atoms with Crippen molar-refractivity contribution >= 4 is 26.9 Å². The summed E-state index contributed by atoms with van der Waals surface area (Å²) in [7, 11) is 0. The molecule has 3 aromatic rings. The van der Waals surface area contributed by atoms with Gasteiger partial charge in [0.15, 0.2) is 0 Å². The van der Waals surface area contributed by atoms with E-state index in [0.29, 0.717) is 23.5 Å². The molecule has 0 fully saturated rings. The summed E-state index contributed by atoms with van der Waals surface area (Å²) < 4.78 is 12.0. The Labute approximate surface area is 141 Å². The van der Waals surface area contributed by atoms with Gasteiger partial charge in [-0.15, -0.1) is 0 Å². The molecule has 5 heteroatoms. The molecule has 0 spiro atoms. The molecule has 2 aromatic carbocycles. The molecule has 118 valence electrons. The molecule has 4 nitrogen and oxygen atoms in total. The van der Waals surface area contributed by atoms with Crippen LogP contribution in [0.1, 0.15) is 13.3 Å². The third kappa shape index (κ3) is 3.10. The first-order valence-electron chi connectivity index (χ1n) is 7.27. The Hall–Kier alpha value is -2.27. The zero-order valence-electron chi connectivity index (χ0n) is 12.5. The Morgan fingerprint density at radius 3 is 2.65 bits per heavy atom. The predicted molar refractivity (Wildman–Crippen MR) is 93.1 cm³/mol. The summed E-state index contributed by atoms with van der Waals surface area (Å²) in [5, 5.41) is 10.4. The number of hydrogen-bond acceptors (Lipinski definition) is 4. The quantitative estimate of drug-likeness (QED) is 0.717. The molecule has 0 unspecified atom stereocenters. The number of phenols is 1. The van der Waals surface area contributed by atoms with Crippen LogP contribution < -0.4 is 10.2 Å². The molecule has 0 amide bonds. The zero-order valence-corrected chi connectivity index (χ0v) is 14.1. The molecule has 3 rings (SSSR count). The van der Waals surface area contributed by atoms with Crippen LogP contribution in [0.15, 0.2) is 56.3 Å². The lowest BCUT2D eigenvalue weighted by molar-refractivity contribution is 0.315. The molecule has 0 atom stereocenters. The average Bonchev–Trinajstić information content (AvgIpc) is 2.54. The van der Waals surface area contributed by atoms with Crippen LogP contribution in [0.3, 0.4) is 0 Å². The third-order valence-electron chi connectivity index (χ3n) is 3.46. The van der Waals surface area contributed by atoms with Crippen molar-refractivity contribution in [3.05, 3.63) is 57.4 Å². The largest absolute Gasteiger partial charge is 0.507 e. The Morgan fingerprint density at radius 2 is 1.96 bits per heavy atom. The SMILES string of the molecule is CCCOc1cc(O)c2c(=O)c(-c3ccc(Br)cc3)coc2c1. The average molecular weight is 375 g/mol. The van der Waals surface area contributed by atoms with Gasteiger partial charge in [0.2, 0.25) is 5.43 Å². The van der Waals surface area contributed by atoms with Gasteiger partial charge in [0.1, 0.15) is 28.7 Å². The number of fused-ring (bicyclic) bond motifs is 1. The number of rotatable bonds is 4. The Morgan fingerprint density at radius 1 is 1.22 bits per heavy atom. The van der Waals surface area contributed by atoms with Gasteiger partial charge in [0, 0.05) is 16.6 Å². The maximum atomic E-state index is 12.7. The van der Waals surface area contributed by atoms with Gasteiger partial charge in [-0.25, -0.2) is 0 Å². The number of ether oxygens (including phenoxy) is 1. The topological polar surface area (TPSA) is 59.7 Å². The maximum Gasteiger partial charge on any atom is 0.204 e. The molecule has 0 aliphatic carbocycles. The minimum Gasteiger partial charge on any atom is -0.507 e. The van der Waals surface area contributed by atoms with Crippen LogP contribution in [0.4, 0.5) is 0 Å². The zero-order chi connectivity index (χ0) is 16.4. The van der Waals surface area contributed by atoms with Crippen molar-refractivity contribution in [1.29, 1.82) is 0 Å². The summed E-state index contributed by atoms with van der Waals surface area (Å²) in [6.45, 7) is 2.53. The van der Waals surface area contributed by atoms with Crippen molar-refractivity contribution in [3.8, 4) is 22.6 Å². The van der Waals surface area contributed by atoms with Crippen molar-refractivity contribution in [2.24, 2.45) is 0 Å². The fourth-order valence-corrected chi connectivity index (χ4v) is 2.60. The van der Waals surface area contributed by atoms with E-state index in [-0.39, 0.29) is 16.6 Å². The number of benzene rings is 2. The molecule has 0 aliphatic rings. The van der Waals surface area contributed by atoms with E-state index in [1.54, 1.807) is 6.07 Å². The molecule has 1 aromatic heterocycles. The molecular formula is C18H15BrO4. The van der Waals surface area contributed by atoms with E-state index >= 15 is 0 Å². The fraction of sp³-hybridized carbons (Fsp3) is 0.167. The van der Waals surface area contributed by atoms with Crippen molar-refractivity contribution < 1.29 is 14.3 Å². The molecule has 1 N–H and O–H groups in total. The van der Waals surface area contributed by atoms with Crippen molar-refractivity contribution in [1.82, 2.24) is 0 Å². The van der Waals surface area contributed by atoms with Crippen LogP contribution in [-0.2, 0) is 0 Å². The lowest BCUT2D eigenvalue weighted by Gasteiger charge is -2.08. The highest BCUT2D eigenvalue weighted by Gasteiger charge is 2.14. The highest BCUT2D eigenvalue weighted by atomic mass is 79.9. The summed E-state index contributed by atoms with van der Waals surface area (Å²) in [5.74, 6) is 0.345. The van der Waals surface area contributed by atoms with E-state index in [9.17, 15) is 9.90 Å². The van der Waals surface area contributed by atoms with Gasteiger partial charge >= 0.3 is 0 Å². The van der Waals surface area contributed by atoms with E-state index in [1.165, 1.54) is 12.3 Å². The summed E-state index contributed by atoms with van der Waals surface area (Å²) in [6, 6.07) is 10.4. The van der Waals surface area contributed by atoms with Crippen LogP contribution >= 0.6 is 15.9 Å². The minimum atomic E-state index is -0.270. The van der Waals surface area contributed by atoms with E-state index in [2.05, 4.69) is 15.9 Å². The maximum absolute atomic E-state index is 12.7.